The molecule has 4 nitrogen and oxygen atoms in total. The summed E-state index contributed by atoms with van der Waals surface area (Å²) in [6.07, 6.45) is 0.541. The lowest BCUT2D eigenvalue weighted by Gasteiger charge is -2.17. The molecule has 0 amide bonds. The van der Waals surface area contributed by atoms with Crippen LogP contribution in [0.4, 0.5) is 14.5 Å². The van der Waals surface area contributed by atoms with Crippen molar-refractivity contribution in [2.45, 2.75) is 13.3 Å². The van der Waals surface area contributed by atoms with E-state index < -0.39 is 11.6 Å². The van der Waals surface area contributed by atoms with Crippen LogP contribution >= 0.6 is 0 Å². The molecule has 0 aliphatic carbocycles. The Balaban J connectivity index is 2.43. The van der Waals surface area contributed by atoms with Gasteiger partial charge in [-0.2, -0.15) is 0 Å². The highest BCUT2D eigenvalue weighted by Gasteiger charge is 2.21. The predicted molar refractivity (Wildman–Crippen MR) is 55.7 cm³/mol. The molecule has 86 valence electrons. The fraction of sp³-hybridized carbons (Fsp3) is 0.400. The first kappa shape index (κ1) is 10.8. The summed E-state index contributed by atoms with van der Waals surface area (Å²) in [6.45, 7) is 2.21. The molecule has 0 aromatic heterocycles. The molecular formula is C10H12F2N4. The van der Waals surface area contributed by atoms with E-state index in [4.69, 9.17) is 0 Å². The minimum Gasteiger partial charge on any atom is -0.258 e. The van der Waals surface area contributed by atoms with Crippen LogP contribution in [0.15, 0.2) is 22.6 Å². The van der Waals surface area contributed by atoms with E-state index in [1.165, 1.54) is 11.1 Å². The second-order valence-electron chi connectivity index (χ2n) is 3.63. The monoisotopic (exact) mass is 226 g/mol. The maximum atomic E-state index is 13.7. The summed E-state index contributed by atoms with van der Waals surface area (Å²) in [6, 6.07) is 2.19. The van der Waals surface area contributed by atoms with Gasteiger partial charge in [-0.25, -0.2) is 13.8 Å². The van der Waals surface area contributed by atoms with E-state index in [9.17, 15) is 8.78 Å². The Kier molecular flexibility index (Phi) is 2.72. The van der Waals surface area contributed by atoms with Crippen molar-refractivity contribution in [1.82, 2.24) is 5.01 Å². The van der Waals surface area contributed by atoms with Gasteiger partial charge in [-0.05, 0) is 23.3 Å². The molecule has 0 saturated carbocycles. The summed E-state index contributed by atoms with van der Waals surface area (Å²) in [5.41, 5.74) is 0.892. The Morgan fingerprint density at radius 2 is 2.06 bits per heavy atom. The van der Waals surface area contributed by atoms with Crippen LogP contribution in [0.1, 0.15) is 12.5 Å². The van der Waals surface area contributed by atoms with Crippen molar-refractivity contribution in [3.05, 3.63) is 29.3 Å². The maximum absolute atomic E-state index is 13.7. The lowest BCUT2D eigenvalue weighted by molar-refractivity contribution is 0.389. The summed E-state index contributed by atoms with van der Waals surface area (Å²) in [7, 11) is 1.73. The fourth-order valence-electron chi connectivity index (χ4n) is 1.66. The lowest BCUT2D eigenvalue weighted by Crippen LogP contribution is -2.23. The number of nitrogens with zero attached hydrogens (tertiary/aromatic N) is 4. The fourth-order valence-corrected chi connectivity index (χ4v) is 1.66. The molecule has 0 unspecified atom stereocenters. The highest BCUT2D eigenvalue weighted by atomic mass is 19.1. The molecule has 0 radical (unpaired) electrons. The molecule has 16 heavy (non-hydrogen) atoms. The Bertz CT molecular complexity index is 433. The van der Waals surface area contributed by atoms with Crippen LogP contribution in [0.25, 0.3) is 0 Å². The first-order valence-electron chi connectivity index (χ1n) is 5.00. The zero-order valence-electron chi connectivity index (χ0n) is 9.11. The van der Waals surface area contributed by atoms with Crippen molar-refractivity contribution < 1.29 is 8.78 Å². The molecule has 1 heterocycles. The van der Waals surface area contributed by atoms with E-state index in [1.807, 2.05) is 6.92 Å². The van der Waals surface area contributed by atoms with Crippen LogP contribution in [0.5, 0.6) is 0 Å². The molecule has 1 aliphatic rings. The van der Waals surface area contributed by atoms with Gasteiger partial charge in [0.1, 0.15) is 18.2 Å². The standard InChI is InChI=1S/C10H12F2N4/c1-3-7-4-8(11)5-9(12)10(7)16-6-15(2)13-14-16/h4-5H,3,6H2,1-2H3. The second-order valence-corrected chi connectivity index (χ2v) is 3.63. The average molecular weight is 226 g/mol. The van der Waals surface area contributed by atoms with Gasteiger partial charge in [-0.3, -0.25) is 5.01 Å². The largest absolute Gasteiger partial charge is 0.258 e. The van der Waals surface area contributed by atoms with Crippen LogP contribution in [-0.2, 0) is 6.42 Å². The number of rotatable bonds is 2. The molecule has 6 heteroatoms. The SMILES string of the molecule is CCc1cc(F)cc(F)c1N1CN(C)N=N1. The molecule has 1 aromatic carbocycles. The summed E-state index contributed by atoms with van der Waals surface area (Å²) in [4.78, 5) is 0. The van der Waals surface area contributed by atoms with Gasteiger partial charge in [0.25, 0.3) is 0 Å². The molecular weight excluding hydrogens is 214 g/mol. The summed E-state index contributed by atoms with van der Waals surface area (Å²) in [5.74, 6) is -1.17. The zero-order valence-corrected chi connectivity index (χ0v) is 9.11. The maximum Gasteiger partial charge on any atom is 0.151 e. The quantitative estimate of drug-likeness (QED) is 0.775. The van der Waals surface area contributed by atoms with Gasteiger partial charge < -0.3 is 0 Å². The minimum absolute atomic E-state index is 0.303. The van der Waals surface area contributed by atoms with Gasteiger partial charge in [0.05, 0.1) is 0 Å². The first-order chi connectivity index (χ1) is 7.61. The molecule has 0 spiro atoms. The van der Waals surface area contributed by atoms with E-state index in [0.29, 0.717) is 24.3 Å². The molecule has 0 saturated heterocycles. The molecule has 0 atom stereocenters. The van der Waals surface area contributed by atoms with Gasteiger partial charge in [-0.1, -0.05) is 12.1 Å². The van der Waals surface area contributed by atoms with Gasteiger partial charge in [0.15, 0.2) is 5.82 Å². The Morgan fingerprint density at radius 1 is 1.31 bits per heavy atom. The molecule has 0 fully saturated rings. The van der Waals surface area contributed by atoms with Gasteiger partial charge in [0.2, 0.25) is 0 Å². The third kappa shape index (κ3) is 1.82. The van der Waals surface area contributed by atoms with Crippen LogP contribution < -0.4 is 5.01 Å². The van der Waals surface area contributed by atoms with E-state index in [0.717, 1.165) is 6.07 Å². The number of anilines is 1. The highest BCUT2D eigenvalue weighted by molar-refractivity contribution is 5.54. The van der Waals surface area contributed by atoms with E-state index in [1.54, 1.807) is 12.1 Å². The number of benzene rings is 1. The Morgan fingerprint density at radius 3 is 2.62 bits per heavy atom. The topological polar surface area (TPSA) is 31.2 Å². The molecule has 0 bridgehead atoms. The molecule has 0 N–H and O–H groups in total. The van der Waals surface area contributed by atoms with Gasteiger partial charge >= 0.3 is 0 Å². The summed E-state index contributed by atoms with van der Waals surface area (Å²) in [5, 5.41) is 10.6. The first-order valence-corrected chi connectivity index (χ1v) is 5.00. The van der Waals surface area contributed by atoms with Crippen molar-refractivity contribution in [3.8, 4) is 0 Å². The number of hydrogen-bond donors (Lipinski definition) is 0. The van der Waals surface area contributed by atoms with E-state index in [2.05, 4.69) is 10.4 Å². The number of aryl methyl sites for hydroxylation is 1. The van der Waals surface area contributed by atoms with Crippen molar-refractivity contribution in [2.24, 2.45) is 10.4 Å². The van der Waals surface area contributed by atoms with Crippen LogP contribution in [0, 0.1) is 11.6 Å². The Hall–Kier alpha value is -1.72. The van der Waals surface area contributed by atoms with Crippen LogP contribution in [0.2, 0.25) is 0 Å². The third-order valence-electron chi connectivity index (χ3n) is 2.39. The normalized spacial score (nSPS) is 15.0. The van der Waals surface area contributed by atoms with Crippen molar-refractivity contribution >= 4 is 5.69 Å². The minimum atomic E-state index is -0.605. The summed E-state index contributed by atoms with van der Waals surface area (Å²) >= 11 is 0. The molecule has 1 aliphatic heterocycles. The van der Waals surface area contributed by atoms with Crippen molar-refractivity contribution in [3.63, 3.8) is 0 Å². The number of halogens is 2. The molecule has 1 aromatic rings. The predicted octanol–water partition coefficient (Wildman–Crippen LogP) is 2.52. The van der Waals surface area contributed by atoms with Gasteiger partial charge in [0, 0.05) is 13.1 Å². The number of hydrogen-bond acceptors (Lipinski definition) is 4. The average Bonchev–Trinajstić information content (AvgIpc) is 2.63. The highest BCUT2D eigenvalue weighted by Crippen LogP contribution is 2.28. The lowest BCUT2D eigenvalue weighted by atomic mass is 10.1. The van der Waals surface area contributed by atoms with Crippen LogP contribution in [-0.4, -0.2) is 18.7 Å². The third-order valence-corrected chi connectivity index (χ3v) is 2.39. The zero-order chi connectivity index (χ0) is 11.7. The van der Waals surface area contributed by atoms with Crippen molar-refractivity contribution in [1.29, 1.82) is 0 Å². The van der Waals surface area contributed by atoms with E-state index >= 15 is 0 Å². The van der Waals surface area contributed by atoms with Crippen LogP contribution in [0.3, 0.4) is 0 Å². The second kappa shape index (κ2) is 4.03. The molecule has 2 rings (SSSR count). The smallest absolute Gasteiger partial charge is 0.151 e. The van der Waals surface area contributed by atoms with E-state index in [-0.39, 0.29) is 0 Å². The summed E-state index contributed by atoms with van der Waals surface area (Å²) < 4.78 is 26.7. The Labute approximate surface area is 92.1 Å². The van der Waals surface area contributed by atoms with Crippen molar-refractivity contribution in [2.75, 3.05) is 18.7 Å². The van der Waals surface area contributed by atoms with Gasteiger partial charge in [-0.15, -0.1) is 0 Å².